The number of likely N-dealkylation sites (tertiary alicyclic amines) is 1. The summed E-state index contributed by atoms with van der Waals surface area (Å²) in [7, 11) is 0. The summed E-state index contributed by atoms with van der Waals surface area (Å²) in [6, 6.07) is 4.88. The smallest absolute Gasteiger partial charge is 0.238 e. The fourth-order valence-electron chi connectivity index (χ4n) is 2.42. The van der Waals surface area contributed by atoms with Crippen molar-refractivity contribution in [2.45, 2.75) is 12.8 Å². The van der Waals surface area contributed by atoms with Crippen molar-refractivity contribution in [3.8, 4) is 0 Å². The lowest BCUT2D eigenvalue weighted by molar-refractivity contribution is -0.125. The summed E-state index contributed by atoms with van der Waals surface area (Å²) in [5.41, 5.74) is 5.81. The van der Waals surface area contributed by atoms with Gasteiger partial charge in [-0.05, 0) is 37.6 Å². The average molecular weight is 330 g/mol. The highest BCUT2D eigenvalue weighted by molar-refractivity contribution is 6.35. The van der Waals surface area contributed by atoms with Gasteiger partial charge in [0, 0.05) is 11.6 Å². The van der Waals surface area contributed by atoms with E-state index in [0.29, 0.717) is 22.3 Å². The van der Waals surface area contributed by atoms with Crippen LogP contribution in [0.5, 0.6) is 0 Å². The molecule has 1 atom stereocenters. The van der Waals surface area contributed by atoms with Crippen LogP contribution in [0.2, 0.25) is 10.0 Å². The predicted octanol–water partition coefficient (Wildman–Crippen LogP) is 2.13. The highest BCUT2D eigenvalue weighted by Crippen LogP contribution is 2.25. The molecule has 1 unspecified atom stereocenters. The molecule has 0 radical (unpaired) electrons. The molecule has 1 aliphatic rings. The number of piperidine rings is 1. The van der Waals surface area contributed by atoms with E-state index in [1.807, 2.05) is 4.90 Å². The topological polar surface area (TPSA) is 75.4 Å². The SMILES string of the molecule is NC(=O)C1CCCN(CC(=O)Nc2cc(Cl)ccc2Cl)C1. The molecule has 1 fully saturated rings. The quantitative estimate of drug-likeness (QED) is 0.888. The van der Waals surface area contributed by atoms with Gasteiger partial charge in [0.25, 0.3) is 0 Å². The highest BCUT2D eigenvalue weighted by Gasteiger charge is 2.25. The van der Waals surface area contributed by atoms with Crippen molar-refractivity contribution in [3.05, 3.63) is 28.2 Å². The van der Waals surface area contributed by atoms with Gasteiger partial charge in [-0.15, -0.1) is 0 Å². The van der Waals surface area contributed by atoms with Gasteiger partial charge in [-0.25, -0.2) is 0 Å². The minimum atomic E-state index is -0.307. The first-order valence-corrected chi connectivity index (χ1v) is 7.48. The minimum absolute atomic E-state index is 0.179. The molecule has 1 aliphatic heterocycles. The normalized spacial score (nSPS) is 19.2. The lowest BCUT2D eigenvalue weighted by Crippen LogP contribution is -2.44. The maximum Gasteiger partial charge on any atom is 0.238 e. The van der Waals surface area contributed by atoms with Gasteiger partial charge in [-0.3, -0.25) is 14.5 Å². The molecule has 114 valence electrons. The predicted molar refractivity (Wildman–Crippen MR) is 83.5 cm³/mol. The Balaban J connectivity index is 1.92. The Morgan fingerprint density at radius 1 is 1.38 bits per heavy atom. The van der Waals surface area contributed by atoms with Gasteiger partial charge in [-0.1, -0.05) is 23.2 Å². The monoisotopic (exact) mass is 329 g/mol. The molecule has 0 aromatic heterocycles. The van der Waals surface area contributed by atoms with Crippen LogP contribution in [0, 0.1) is 5.92 Å². The van der Waals surface area contributed by atoms with Gasteiger partial charge >= 0.3 is 0 Å². The number of nitrogens with one attached hydrogen (secondary N) is 1. The van der Waals surface area contributed by atoms with Gasteiger partial charge in [0.15, 0.2) is 0 Å². The zero-order valence-corrected chi connectivity index (χ0v) is 13.0. The van der Waals surface area contributed by atoms with Crippen LogP contribution in [0.3, 0.4) is 0 Å². The van der Waals surface area contributed by atoms with Crippen molar-refractivity contribution in [3.63, 3.8) is 0 Å². The molecule has 2 amide bonds. The second-order valence-corrected chi connectivity index (χ2v) is 5.99. The van der Waals surface area contributed by atoms with Crippen molar-refractivity contribution >= 4 is 40.7 Å². The molecule has 1 aromatic rings. The lowest BCUT2D eigenvalue weighted by Gasteiger charge is -2.30. The van der Waals surface area contributed by atoms with Crippen LogP contribution in [-0.4, -0.2) is 36.3 Å². The van der Waals surface area contributed by atoms with E-state index in [4.69, 9.17) is 28.9 Å². The van der Waals surface area contributed by atoms with Crippen LogP contribution in [0.15, 0.2) is 18.2 Å². The van der Waals surface area contributed by atoms with E-state index in [0.717, 1.165) is 19.4 Å². The third kappa shape index (κ3) is 4.59. The summed E-state index contributed by atoms with van der Waals surface area (Å²) in [5.74, 6) is -0.677. The van der Waals surface area contributed by atoms with Gasteiger partial charge in [0.1, 0.15) is 0 Å². The molecule has 3 N–H and O–H groups in total. The Morgan fingerprint density at radius 2 is 2.14 bits per heavy atom. The first-order valence-electron chi connectivity index (χ1n) is 6.72. The molecular formula is C14H17Cl2N3O2. The molecule has 0 aliphatic carbocycles. The Labute approximate surface area is 133 Å². The van der Waals surface area contributed by atoms with Crippen molar-refractivity contribution in [1.29, 1.82) is 0 Å². The largest absolute Gasteiger partial charge is 0.369 e. The number of carbonyl (C=O) groups excluding carboxylic acids is 2. The maximum absolute atomic E-state index is 12.1. The Bertz CT molecular complexity index is 551. The standard InChI is InChI=1S/C14H17Cl2N3O2/c15-10-3-4-11(16)12(6-10)18-13(20)8-19-5-1-2-9(7-19)14(17)21/h3-4,6,9H,1-2,5,7-8H2,(H2,17,21)(H,18,20). The molecule has 1 heterocycles. The van der Waals surface area contributed by atoms with E-state index in [2.05, 4.69) is 5.32 Å². The van der Waals surface area contributed by atoms with Crippen molar-refractivity contribution < 1.29 is 9.59 Å². The number of nitrogens with two attached hydrogens (primary N) is 1. The van der Waals surface area contributed by atoms with E-state index in [9.17, 15) is 9.59 Å². The Kier molecular flexibility index (Phi) is 5.45. The van der Waals surface area contributed by atoms with E-state index in [-0.39, 0.29) is 24.3 Å². The average Bonchev–Trinajstić information content (AvgIpc) is 2.43. The molecule has 5 nitrogen and oxygen atoms in total. The maximum atomic E-state index is 12.1. The van der Waals surface area contributed by atoms with Crippen molar-refractivity contribution in [2.75, 3.05) is 25.0 Å². The number of anilines is 1. The zero-order valence-electron chi connectivity index (χ0n) is 11.4. The summed E-state index contributed by atoms with van der Waals surface area (Å²) in [5, 5.41) is 3.66. The molecule has 0 bridgehead atoms. The van der Waals surface area contributed by atoms with Crippen LogP contribution in [-0.2, 0) is 9.59 Å². The third-order valence-corrected chi connectivity index (χ3v) is 4.04. The van der Waals surface area contributed by atoms with Gasteiger partial charge in [-0.2, -0.15) is 0 Å². The molecule has 1 saturated heterocycles. The van der Waals surface area contributed by atoms with Crippen molar-refractivity contribution in [2.24, 2.45) is 11.7 Å². The number of rotatable bonds is 4. The number of nitrogens with zero attached hydrogens (tertiary/aromatic N) is 1. The summed E-state index contributed by atoms with van der Waals surface area (Å²) in [6.07, 6.45) is 1.65. The van der Waals surface area contributed by atoms with Gasteiger partial charge in [0.2, 0.25) is 11.8 Å². The third-order valence-electron chi connectivity index (χ3n) is 3.48. The fourth-order valence-corrected chi connectivity index (χ4v) is 2.75. The molecular weight excluding hydrogens is 313 g/mol. The molecule has 7 heteroatoms. The number of halogens is 2. The molecule has 0 spiro atoms. The highest BCUT2D eigenvalue weighted by atomic mass is 35.5. The van der Waals surface area contributed by atoms with Gasteiger partial charge < -0.3 is 11.1 Å². The minimum Gasteiger partial charge on any atom is -0.369 e. The number of carbonyl (C=O) groups is 2. The van der Waals surface area contributed by atoms with Crippen LogP contribution in [0.25, 0.3) is 0 Å². The van der Waals surface area contributed by atoms with E-state index < -0.39 is 0 Å². The summed E-state index contributed by atoms with van der Waals surface area (Å²) >= 11 is 11.9. The second-order valence-electron chi connectivity index (χ2n) is 5.15. The molecule has 21 heavy (non-hydrogen) atoms. The van der Waals surface area contributed by atoms with Gasteiger partial charge in [0.05, 0.1) is 23.2 Å². The number of hydrogen-bond donors (Lipinski definition) is 2. The number of benzene rings is 1. The summed E-state index contributed by atoms with van der Waals surface area (Å²) < 4.78 is 0. The second kappa shape index (κ2) is 7.11. The van der Waals surface area contributed by atoms with Crippen LogP contribution < -0.4 is 11.1 Å². The van der Waals surface area contributed by atoms with Crippen LogP contribution in [0.1, 0.15) is 12.8 Å². The summed E-state index contributed by atoms with van der Waals surface area (Å²) in [6.45, 7) is 1.50. The number of hydrogen-bond acceptors (Lipinski definition) is 3. The number of amides is 2. The molecule has 0 saturated carbocycles. The van der Waals surface area contributed by atoms with Crippen LogP contribution in [0.4, 0.5) is 5.69 Å². The van der Waals surface area contributed by atoms with Crippen molar-refractivity contribution in [1.82, 2.24) is 4.90 Å². The fraction of sp³-hybridized carbons (Fsp3) is 0.429. The van der Waals surface area contributed by atoms with E-state index >= 15 is 0 Å². The Hall–Kier alpha value is -1.30. The molecule has 2 rings (SSSR count). The Morgan fingerprint density at radius 3 is 2.86 bits per heavy atom. The summed E-state index contributed by atoms with van der Waals surface area (Å²) in [4.78, 5) is 25.2. The zero-order chi connectivity index (χ0) is 15.4. The first-order chi connectivity index (χ1) is 9.95. The van der Waals surface area contributed by atoms with E-state index in [1.165, 1.54) is 0 Å². The lowest BCUT2D eigenvalue weighted by atomic mass is 9.97. The van der Waals surface area contributed by atoms with Crippen LogP contribution >= 0.6 is 23.2 Å². The molecule has 1 aromatic carbocycles. The first kappa shape index (κ1) is 16.1. The number of primary amides is 1. The van der Waals surface area contributed by atoms with E-state index in [1.54, 1.807) is 18.2 Å².